The maximum absolute atomic E-state index is 13.0. The highest BCUT2D eigenvalue weighted by Gasteiger charge is 2.27. The third-order valence-electron chi connectivity index (χ3n) is 5.47. The molecule has 30 heavy (non-hydrogen) atoms. The Hall–Kier alpha value is -2.93. The average molecular weight is 424 g/mol. The molecule has 6 nitrogen and oxygen atoms in total. The number of carbonyl (C=O) groups is 2. The first-order valence-corrected chi connectivity index (χ1v) is 11.1. The average Bonchev–Trinajstić information content (AvgIpc) is 3.37. The van der Waals surface area contributed by atoms with Crippen molar-refractivity contribution in [2.24, 2.45) is 0 Å². The van der Waals surface area contributed by atoms with Gasteiger partial charge in [0.15, 0.2) is 5.13 Å². The lowest BCUT2D eigenvalue weighted by Gasteiger charge is -2.36. The van der Waals surface area contributed by atoms with Gasteiger partial charge < -0.3 is 9.32 Å². The van der Waals surface area contributed by atoms with E-state index in [0.29, 0.717) is 22.1 Å². The number of hydrogen-bond donors (Lipinski definition) is 1. The number of hydrogen-bond acceptors (Lipinski definition) is 5. The van der Waals surface area contributed by atoms with Gasteiger partial charge in [-0.2, -0.15) is 0 Å². The second-order valence-electron chi connectivity index (χ2n) is 7.59. The number of aromatic nitrogens is 1. The van der Waals surface area contributed by atoms with Crippen molar-refractivity contribution in [2.75, 3.05) is 11.9 Å². The molecule has 2 aromatic heterocycles. The Morgan fingerprint density at radius 3 is 2.83 bits per heavy atom. The van der Waals surface area contributed by atoms with Gasteiger partial charge in [0.25, 0.3) is 5.91 Å². The van der Waals surface area contributed by atoms with Gasteiger partial charge in [0.2, 0.25) is 5.91 Å². The molecule has 1 N–H and O–H groups in total. The highest BCUT2D eigenvalue weighted by Crippen LogP contribution is 2.23. The predicted molar refractivity (Wildman–Crippen MR) is 117 cm³/mol. The molecule has 7 heteroatoms. The molecule has 1 aliphatic rings. The number of nitrogens with zero attached hydrogens (tertiary/aromatic N) is 2. The van der Waals surface area contributed by atoms with Crippen molar-refractivity contribution in [3.63, 3.8) is 0 Å². The van der Waals surface area contributed by atoms with Crippen LogP contribution in [0.15, 0.2) is 52.5 Å². The molecular weight excluding hydrogens is 398 g/mol. The lowest BCUT2D eigenvalue weighted by Crippen LogP contribution is -2.45. The van der Waals surface area contributed by atoms with Crippen LogP contribution in [-0.4, -0.2) is 34.3 Å². The van der Waals surface area contributed by atoms with Crippen molar-refractivity contribution >= 4 is 28.3 Å². The van der Waals surface area contributed by atoms with Gasteiger partial charge in [-0.25, -0.2) is 4.98 Å². The molecule has 1 unspecified atom stereocenters. The first kappa shape index (κ1) is 20.3. The minimum absolute atomic E-state index is 0.101. The number of aryl methyl sites for hydroxylation is 1. The van der Waals surface area contributed by atoms with Crippen molar-refractivity contribution in [2.45, 2.75) is 45.1 Å². The van der Waals surface area contributed by atoms with Crippen LogP contribution in [0.25, 0.3) is 0 Å². The van der Waals surface area contributed by atoms with Gasteiger partial charge in [-0.3, -0.25) is 14.9 Å². The highest BCUT2D eigenvalue weighted by atomic mass is 32.1. The smallest absolute Gasteiger partial charge is 0.260 e. The van der Waals surface area contributed by atoms with E-state index < -0.39 is 0 Å². The largest absolute Gasteiger partial charge is 0.469 e. The third kappa shape index (κ3) is 4.79. The molecule has 4 rings (SSSR count). The van der Waals surface area contributed by atoms with Gasteiger partial charge in [0.05, 0.1) is 23.9 Å². The summed E-state index contributed by atoms with van der Waals surface area (Å²) >= 11 is 1.33. The number of likely N-dealkylation sites (tertiary alicyclic amines) is 1. The quantitative estimate of drug-likeness (QED) is 0.635. The Bertz CT molecular complexity index is 1010. The van der Waals surface area contributed by atoms with Crippen molar-refractivity contribution in [3.05, 3.63) is 70.6 Å². The summed E-state index contributed by atoms with van der Waals surface area (Å²) < 4.78 is 5.17. The molecule has 0 saturated carbocycles. The van der Waals surface area contributed by atoms with Crippen LogP contribution in [0, 0.1) is 6.92 Å². The van der Waals surface area contributed by atoms with Crippen molar-refractivity contribution in [1.82, 2.24) is 9.88 Å². The summed E-state index contributed by atoms with van der Waals surface area (Å²) in [5.74, 6) is 0.408. The Kier molecular flexibility index (Phi) is 6.28. The van der Waals surface area contributed by atoms with Crippen LogP contribution in [0.1, 0.15) is 46.6 Å². The number of thiazole rings is 1. The minimum atomic E-state index is -0.257. The number of benzene rings is 1. The molecule has 1 fully saturated rings. The zero-order valence-electron chi connectivity index (χ0n) is 17.0. The fraction of sp³-hybridized carbons (Fsp3) is 0.348. The van der Waals surface area contributed by atoms with E-state index >= 15 is 0 Å². The summed E-state index contributed by atoms with van der Waals surface area (Å²) in [6.07, 6.45) is 5.85. The molecule has 1 saturated heterocycles. The molecular formula is C23H25N3O3S. The molecule has 0 radical (unpaired) electrons. The number of furan rings is 1. The monoisotopic (exact) mass is 423 g/mol. The standard InChI is InChI=1S/C23H25N3O3S/c1-16-20(10-12-29-16)22(28)25-23-24-18(15-30-23)14-21(27)26-11-6-5-9-19(26)13-17-7-3-2-4-8-17/h2-4,7-8,10,12,15,19H,5-6,9,11,13-14H2,1H3,(H,24,25,28). The van der Waals surface area contributed by atoms with Crippen molar-refractivity contribution in [1.29, 1.82) is 0 Å². The van der Waals surface area contributed by atoms with E-state index in [1.807, 2.05) is 28.5 Å². The highest BCUT2D eigenvalue weighted by molar-refractivity contribution is 7.14. The number of amides is 2. The van der Waals surface area contributed by atoms with Gasteiger partial charge in [0.1, 0.15) is 5.76 Å². The van der Waals surface area contributed by atoms with E-state index in [4.69, 9.17) is 4.42 Å². The molecule has 1 aliphatic heterocycles. The number of anilines is 1. The Balaban J connectivity index is 1.38. The fourth-order valence-electron chi connectivity index (χ4n) is 3.91. The number of piperidine rings is 1. The summed E-state index contributed by atoms with van der Waals surface area (Å²) in [4.78, 5) is 31.8. The van der Waals surface area contributed by atoms with Crippen LogP contribution < -0.4 is 5.32 Å². The number of rotatable bonds is 6. The topological polar surface area (TPSA) is 75.4 Å². The Morgan fingerprint density at radius 1 is 1.23 bits per heavy atom. The zero-order valence-corrected chi connectivity index (χ0v) is 17.8. The third-order valence-corrected chi connectivity index (χ3v) is 6.28. The lowest BCUT2D eigenvalue weighted by molar-refractivity contribution is -0.134. The fourth-order valence-corrected chi connectivity index (χ4v) is 4.62. The van der Waals surface area contributed by atoms with Crippen LogP contribution in [0.3, 0.4) is 0 Å². The van der Waals surface area contributed by atoms with Crippen LogP contribution in [-0.2, 0) is 17.6 Å². The molecule has 0 spiro atoms. The van der Waals surface area contributed by atoms with Gasteiger partial charge in [-0.05, 0) is 44.2 Å². The van der Waals surface area contributed by atoms with E-state index in [1.165, 1.54) is 23.2 Å². The second kappa shape index (κ2) is 9.26. The maximum atomic E-state index is 13.0. The second-order valence-corrected chi connectivity index (χ2v) is 8.45. The van der Waals surface area contributed by atoms with E-state index in [9.17, 15) is 9.59 Å². The summed E-state index contributed by atoms with van der Waals surface area (Å²) in [5, 5.41) is 5.11. The normalized spacial score (nSPS) is 16.4. The molecule has 1 atom stereocenters. The molecule has 3 heterocycles. The predicted octanol–water partition coefficient (Wildman–Crippen LogP) is 4.46. The van der Waals surface area contributed by atoms with E-state index in [2.05, 4.69) is 22.4 Å². The van der Waals surface area contributed by atoms with Crippen LogP contribution >= 0.6 is 11.3 Å². The molecule has 0 bridgehead atoms. The number of carbonyl (C=O) groups excluding carboxylic acids is 2. The summed E-state index contributed by atoms with van der Waals surface area (Å²) in [6.45, 7) is 2.54. The molecule has 0 aliphatic carbocycles. The molecule has 1 aromatic carbocycles. The summed E-state index contributed by atoms with van der Waals surface area (Å²) in [6, 6.07) is 12.2. The van der Waals surface area contributed by atoms with Gasteiger partial charge in [-0.15, -0.1) is 11.3 Å². The van der Waals surface area contributed by atoms with Gasteiger partial charge in [-0.1, -0.05) is 30.3 Å². The van der Waals surface area contributed by atoms with Gasteiger partial charge >= 0.3 is 0 Å². The first-order valence-electron chi connectivity index (χ1n) is 10.2. The summed E-state index contributed by atoms with van der Waals surface area (Å²) in [7, 11) is 0. The number of nitrogens with one attached hydrogen (secondary N) is 1. The van der Waals surface area contributed by atoms with Crippen LogP contribution in [0.2, 0.25) is 0 Å². The zero-order chi connectivity index (χ0) is 20.9. The molecule has 3 aromatic rings. The lowest BCUT2D eigenvalue weighted by atomic mass is 9.95. The van der Waals surface area contributed by atoms with E-state index in [0.717, 1.165) is 32.2 Å². The van der Waals surface area contributed by atoms with Crippen molar-refractivity contribution in [3.8, 4) is 0 Å². The van der Waals surface area contributed by atoms with E-state index in [1.54, 1.807) is 13.0 Å². The Morgan fingerprint density at radius 2 is 2.07 bits per heavy atom. The van der Waals surface area contributed by atoms with E-state index in [-0.39, 0.29) is 24.3 Å². The Labute approximate surface area is 179 Å². The maximum Gasteiger partial charge on any atom is 0.260 e. The SMILES string of the molecule is Cc1occc1C(=O)Nc1nc(CC(=O)N2CCCCC2Cc2ccccc2)cs1. The summed E-state index contributed by atoms with van der Waals surface area (Å²) in [5.41, 5.74) is 2.43. The molecule has 156 valence electrons. The minimum Gasteiger partial charge on any atom is -0.469 e. The van der Waals surface area contributed by atoms with Crippen LogP contribution in [0.5, 0.6) is 0 Å². The molecule has 2 amide bonds. The van der Waals surface area contributed by atoms with Crippen molar-refractivity contribution < 1.29 is 14.0 Å². The first-order chi connectivity index (χ1) is 14.6. The van der Waals surface area contributed by atoms with Gasteiger partial charge in [0, 0.05) is 18.0 Å². The van der Waals surface area contributed by atoms with Crippen LogP contribution in [0.4, 0.5) is 5.13 Å².